The number of carbonyl (C=O) groups excluding carboxylic acids is 1. The van der Waals surface area contributed by atoms with E-state index in [0.29, 0.717) is 11.8 Å². The van der Waals surface area contributed by atoms with Gasteiger partial charge in [-0.25, -0.2) is 0 Å². The molecule has 1 amide bonds. The first-order valence-corrected chi connectivity index (χ1v) is 13.8. The molecule has 0 bridgehead atoms. The number of thiophene rings is 1. The number of rotatable bonds is 8. The Hall–Kier alpha value is -2.30. The third-order valence-electron chi connectivity index (χ3n) is 6.67. The predicted molar refractivity (Wildman–Crippen MR) is 143 cm³/mol. The summed E-state index contributed by atoms with van der Waals surface area (Å²) in [5.41, 5.74) is 2.51. The summed E-state index contributed by atoms with van der Waals surface area (Å²) < 4.78 is 1.31. The van der Waals surface area contributed by atoms with Gasteiger partial charge in [0.25, 0.3) is 0 Å². The predicted octanol–water partition coefficient (Wildman–Crippen LogP) is 7.77. The highest BCUT2D eigenvalue weighted by atomic mass is 32.2. The van der Waals surface area contributed by atoms with Gasteiger partial charge in [-0.2, -0.15) is 0 Å². The Bertz CT molecular complexity index is 1160. The number of benzene rings is 2. The first kappa shape index (κ1) is 22.5. The Kier molecular flexibility index (Phi) is 7.33. The van der Waals surface area contributed by atoms with Gasteiger partial charge in [0, 0.05) is 38.6 Å². The molecule has 1 heterocycles. The number of hydrogen-bond donors (Lipinski definition) is 1. The lowest BCUT2D eigenvalue weighted by Gasteiger charge is -2.24. The van der Waals surface area contributed by atoms with E-state index in [4.69, 9.17) is 0 Å². The van der Waals surface area contributed by atoms with Gasteiger partial charge in [-0.05, 0) is 66.8 Å². The van der Waals surface area contributed by atoms with E-state index < -0.39 is 0 Å². The first-order chi connectivity index (χ1) is 16.3. The van der Waals surface area contributed by atoms with Crippen molar-refractivity contribution in [3.05, 3.63) is 82.8 Å². The monoisotopic (exact) mass is 473 g/mol. The summed E-state index contributed by atoms with van der Waals surface area (Å²) in [6.07, 6.45) is 17.0. The van der Waals surface area contributed by atoms with E-state index in [9.17, 15) is 4.79 Å². The van der Waals surface area contributed by atoms with Crippen molar-refractivity contribution in [3.8, 4) is 0 Å². The average Bonchev–Trinajstić information content (AvgIpc) is 3.14. The highest BCUT2D eigenvalue weighted by Crippen LogP contribution is 2.37. The molecule has 170 valence electrons. The Balaban J connectivity index is 1.39. The van der Waals surface area contributed by atoms with Gasteiger partial charge < -0.3 is 5.32 Å². The van der Waals surface area contributed by atoms with Crippen molar-refractivity contribution in [2.45, 2.75) is 61.6 Å². The lowest BCUT2D eigenvalue weighted by molar-refractivity contribution is -0.127. The summed E-state index contributed by atoms with van der Waals surface area (Å²) in [4.78, 5) is 15.2. The zero-order valence-corrected chi connectivity index (χ0v) is 20.6. The summed E-state index contributed by atoms with van der Waals surface area (Å²) in [6, 6.07) is 17.3. The summed E-state index contributed by atoms with van der Waals surface area (Å²) in [5.74, 6) is 0.449. The van der Waals surface area contributed by atoms with Crippen LogP contribution in [-0.4, -0.2) is 11.2 Å². The molecule has 5 rings (SSSR count). The fourth-order valence-corrected chi connectivity index (χ4v) is 6.86. The molecule has 1 N–H and O–H groups in total. The lowest BCUT2D eigenvalue weighted by Crippen LogP contribution is -2.34. The molecule has 4 heteroatoms. The van der Waals surface area contributed by atoms with Gasteiger partial charge >= 0.3 is 0 Å². The quantitative estimate of drug-likeness (QED) is 0.339. The fourth-order valence-electron chi connectivity index (χ4n) is 4.52. The molecule has 0 saturated heterocycles. The summed E-state index contributed by atoms with van der Waals surface area (Å²) in [5, 5.41) is 5.14. The molecule has 3 aromatic rings. The molecule has 0 spiro atoms. The standard InChI is InChI=1S/C29H31NOS2/c31-29(22-12-8-13-22)30-20-26-25-19-24(32-23-14-5-2-6-15-23)17-18-28(25)33-27(26)16-7-11-21-9-3-1-4-10-21/h1,3-5,7,9-11,14,17-19,22-23H,2,6,8,12-13,15-16,20H2,(H,30,31)/b11-7+. The highest BCUT2D eigenvalue weighted by molar-refractivity contribution is 8.00. The third-order valence-corrected chi connectivity index (χ3v) is 9.13. The van der Waals surface area contributed by atoms with Gasteiger partial charge in [-0.1, -0.05) is 61.1 Å². The van der Waals surface area contributed by atoms with E-state index >= 15 is 0 Å². The van der Waals surface area contributed by atoms with Gasteiger partial charge in [-0.3, -0.25) is 4.79 Å². The van der Waals surface area contributed by atoms with Crippen LogP contribution in [0.1, 0.15) is 54.5 Å². The molecular weight excluding hydrogens is 442 g/mol. The van der Waals surface area contributed by atoms with Crippen molar-refractivity contribution in [3.63, 3.8) is 0 Å². The van der Waals surface area contributed by atoms with Crippen molar-refractivity contribution >= 4 is 45.2 Å². The van der Waals surface area contributed by atoms with E-state index in [1.807, 2.05) is 29.2 Å². The number of amides is 1. The van der Waals surface area contributed by atoms with Crippen LogP contribution in [0.2, 0.25) is 0 Å². The smallest absolute Gasteiger partial charge is 0.223 e. The zero-order valence-electron chi connectivity index (χ0n) is 19.0. The number of hydrogen-bond acceptors (Lipinski definition) is 3. The normalized spacial score (nSPS) is 18.6. The molecule has 0 radical (unpaired) electrons. The minimum Gasteiger partial charge on any atom is -0.352 e. The van der Waals surface area contributed by atoms with E-state index in [0.717, 1.165) is 19.3 Å². The second-order valence-electron chi connectivity index (χ2n) is 9.04. The second-order valence-corrected chi connectivity index (χ2v) is 11.5. The maximum absolute atomic E-state index is 12.6. The van der Waals surface area contributed by atoms with Gasteiger partial charge in [0.05, 0.1) is 0 Å². The Morgan fingerprint density at radius 2 is 1.97 bits per heavy atom. The number of nitrogens with one attached hydrogen (secondary N) is 1. The molecule has 1 fully saturated rings. The zero-order chi connectivity index (χ0) is 22.5. The Morgan fingerprint density at radius 3 is 2.73 bits per heavy atom. The van der Waals surface area contributed by atoms with Crippen LogP contribution in [0.25, 0.3) is 16.2 Å². The Morgan fingerprint density at radius 1 is 1.09 bits per heavy atom. The molecule has 1 aromatic heterocycles. The molecule has 2 nitrogen and oxygen atoms in total. The molecule has 1 unspecified atom stereocenters. The number of allylic oxidation sites excluding steroid dienone is 2. The van der Waals surface area contributed by atoms with Crippen LogP contribution in [0, 0.1) is 5.92 Å². The first-order valence-electron chi connectivity index (χ1n) is 12.1. The lowest BCUT2D eigenvalue weighted by atomic mass is 9.85. The van der Waals surface area contributed by atoms with E-state index in [-0.39, 0.29) is 11.8 Å². The molecule has 1 saturated carbocycles. The van der Waals surface area contributed by atoms with Gasteiger partial charge in [-0.15, -0.1) is 23.1 Å². The summed E-state index contributed by atoms with van der Waals surface area (Å²) >= 11 is 3.84. The van der Waals surface area contributed by atoms with Crippen LogP contribution in [0.4, 0.5) is 0 Å². The van der Waals surface area contributed by atoms with Crippen LogP contribution in [0.5, 0.6) is 0 Å². The molecule has 2 aliphatic rings. The van der Waals surface area contributed by atoms with Gasteiger partial charge in [0.15, 0.2) is 0 Å². The molecular formula is C29H31NOS2. The highest BCUT2D eigenvalue weighted by Gasteiger charge is 2.25. The van der Waals surface area contributed by atoms with Crippen molar-refractivity contribution in [2.75, 3.05) is 0 Å². The molecule has 1 atom stereocenters. The number of thioether (sulfide) groups is 1. The van der Waals surface area contributed by atoms with E-state index in [1.165, 1.54) is 56.7 Å². The maximum atomic E-state index is 12.6. The van der Waals surface area contributed by atoms with E-state index in [1.54, 1.807) is 0 Å². The second kappa shape index (κ2) is 10.8. The molecule has 2 aliphatic carbocycles. The summed E-state index contributed by atoms with van der Waals surface area (Å²) in [7, 11) is 0. The van der Waals surface area contributed by atoms with Crippen LogP contribution >= 0.6 is 23.1 Å². The Labute approximate surface area is 205 Å². The van der Waals surface area contributed by atoms with Crippen molar-refractivity contribution in [1.29, 1.82) is 0 Å². The third kappa shape index (κ3) is 5.62. The van der Waals surface area contributed by atoms with Crippen LogP contribution in [-0.2, 0) is 17.8 Å². The minimum atomic E-state index is 0.223. The maximum Gasteiger partial charge on any atom is 0.223 e. The van der Waals surface area contributed by atoms with Gasteiger partial charge in [0.2, 0.25) is 5.91 Å². The SMILES string of the molecule is O=C(NCc1c(C/C=C/c2ccccc2)sc2ccc(SC3C=CCCC3)cc12)C1CCC1. The van der Waals surface area contributed by atoms with Crippen molar-refractivity contribution < 1.29 is 4.79 Å². The average molecular weight is 474 g/mol. The fraction of sp³-hybridized carbons (Fsp3) is 0.345. The van der Waals surface area contributed by atoms with E-state index in [2.05, 4.69) is 72.1 Å². The molecule has 33 heavy (non-hydrogen) atoms. The molecule has 2 aromatic carbocycles. The molecule has 0 aliphatic heterocycles. The van der Waals surface area contributed by atoms with Crippen LogP contribution in [0.15, 0.2) is 71.7 Å². The van der Waals surface area contributed by atoms with Crippen molar-refractivity contribution in [2.24, 2.45) is 5.92 Å². The topological polar surface area (TPSA) is 29.1 Å². The minimum absolute atomic E-state index is 0.223. The van der Waals surface area contributed by atoms with Gasteiger partial charge in [0.1, 0.15) is 0 Å². The number of fused-ring (bicyclic) bond motifs is 1. The van der Waals surface area contributed by atoms with Crippen molar-refractivity contribution in [1.82, 2.24) is 5.32 Å². The summed E-state index contributed by atoms with van der Waals surface area (Å²) in [6.45, 7) is 0.626. The van der Waals surface area contributed by atoms with Crippen LogP contribution < -0.4 is 5.32 Å². The number of carbonyl (C=O) groups is 1. The van der Waals surface area contributed by atoms with Crippen LogP contribution in [0.3, 0.4) is 0 Å². The largest absolute Gasteiger partial charge is 0.352 e.